The first-order valence-corrected chi connectivity index (χ1v) is 11.0. The number of para-hydroxylation sites is 1. The second kappa shape index (κ2) is 10.4. The fourth-order valence-electron chi connectivity index (χ4n) is 3.01. The summed E-state index contributed by atoms with van der Waals surface area (Å²) in [6.07, 6.45) is 0. The molecule has 0 saturated carbocycles. The first kappa shape index (κ1) is 23.3. The highest BCUT2D eigenvalue weighted by Crippen LogP contribution is 2.26. The number of carbonyl (C=O) groups is 3. The van der Waals surface area contributed by atoms with Crippen LogP contribution in [-0.2, 0) is 9.53 Å². The summed E-state index contributed by atoms with van der Waals surface area (Å²) in [4.78, 5) is 47.9. The number of nitrogens with one attached hydrogen (secondary N) is 2. The van der Waals surface area contributed by atoms with Crippen LogP contribution in [0.2, 0.25) is 0 Å². The van der Waals surface area contributed by atoms with Gasteiger partial charge >= 0.3 is 5.97 Å². The van der Waals surface area contributed by atoms with E-state index in [-0.39, 0.29) is 16.9 Å². The summed E-state index contributed by atoms with van der Waals surface area (Å²) in [7, 11) is 0. The minimum atomic E-state index is -0.780. The quantitative estimate of drug-likeness (QED) is 0.229. The summed E-state index contributed by atoms with van der Waals surface area (Å²) in [6, 6.07) is 19.1. The Bertz CT molecular complexity index is 1370. The molecule has 35 heavy (non-hydrogen) atoms. The van der Waals surface area contributed by atoms with Gasteiger partial charge in [-0.3, -0.25) is 30.6 Å². The number of benzene rings is 2. The topological polar surface area (TPSA) is 145 Å². The molecule has 0 saturated heterocycles. The first-order chi connectivity index (χ1) is 16.9. The molecule has 176 valence electrons. The van der Waals surface area contributed by atoms with Gasteiger partial charge in [0.25, 0.3) is 17.5 Å². The minimum Gasteiger partial charge on any atom is -0.451 e. The molecule has 0 aliphatic carbocycles. The van der Waals surface area contributed by atoms with Gasteiger partial charge in [0.05, 0.1) is 15.5 Å². The van der Waals surface area contributed by atoms with Crippen LogP contribution in [0.4, 0.5) is 5.69 Å². The van der Waals surface area contributed by atoms with Crippen LogP contribution >= 0.6 is 11.3 Å². The lowest BCUT2D eigenvalue weighted by Gasteiger charge is -2.09. The molecular formula is C23H17N5O6S. The molecule has 0 unspecified atom stereocenters. The van der Waals surface area contributed by atoms with Crippen LogP contribution in [0.3, 0.4) is 0 Å². The van der Waals surface area contributed by atoms with Crippen molar-refractivity contribution in [2.75, 3.05) is 6.61 Å². The van der Waals surface area contributed by atoms with Gasteiger partial charge in [0, 0.05) is 23.8 Å². The minimum absolute atomic E-state index is 0.0979. The van der Waals surface area contributed by atoms with E-state index in [4.69, 9.17) is 4.74 Å². The van der Waals surface area contributed by atoms with Crippen LogP contribution in [0.25, 0.3) is 16.3 Å². The molecule has 0 spiro atoms. The largest absolute Gasteiger partial charge is 0.451 e. The number of non-ortho nitro benzene ring substituents is 1. The van der Waals surface area contributed by atoms with Crippen LogP contribution in [0.15, 0.2) is 78.2 Å². The van der Waals surface area contributed by atoms with E-state index in [2.05, 4.69) is 16.0 Å². The van der Waals surface area contributed by atoms with Crippen molar-refractivity contribution in [3.05, 3.63) is 99.5 Å². The van der Waals surface area contributed by atoms with Crippen molar-refractivity contribution in [2.24, 2.45) is 0 Å². The number of hydrogen-bond donors (Lipinski definition) is 2. The normalized spacial score (nSPS) is 10.4. The molecule has 0 aliphatic rings. The van der Waals surface area contributed by atoms with Gasteiger partial charge in [-0.15, -0.1) is 11.3 Å². The van der Waals surface area contributed by atoms with E-state index in [1.54, 1.807) is 30.3 Å². The third-order valence-corrected chi connectivity index (χ3v) is 5.58. The van der Waals surface area contributed by atoms with Crippen molar-refractivity contribution >= 4 is 34.8 Å². The van der Waals surface area contributed by atoms with Gasteiger partial charge in [0.1, 0.15) is 5.69 Å². The average molecular weight is 491 g/mol. The Morgan fingerprint density at radius 2 is 1.74 bits per heavy atom. The van der Waals surface area contributed by atoms with Crippen molar-refractivity contribution in [1.29, 1.82) is 0 Å². The maximum Gasteiger partial charge on any atom is 0.357 e. The third-order valence-electron chi connectivity index (χ3n) is 4.68. The molecule has 2 amide bonds. The number of aromatic nitrogens is 2. The zero-order valence-electron chi connectivity index (χ0n) is 17.9. The highest BCUT2D eigenvalue weighted by atomic mass is 32.1. The molecule has 2 N–H and O–H groups in total. The lowest BCUT2D eigenvalue weighted by atomic mass is 10.2. The number of rotatable bonds is 7. The highest BCUT2D eigenvalue weighted by Gasteiger charge is 2.20. The summed E-state index contributed by atoms with van der Waals surface area (Å²) in [6.45, 7) is -0.659. The standard InChI is InChI=1S/C23H17N5O6S/c29-21(24-25-22(30)15-8-10-17(11-9-15)28(32)33)14-34-23(31)19-13-18(20-7-4-12-35-20)26-27(19)16-5-2-1-3-6-16/h1-13H,14H2,(H,24,29)(H,25,30). The summed E-state index contributed by atoms with van der Waals surface area (Å²) in [5, 5.41) is 17.1. The Labute approximate surface area is 202 Å². The molecule has 11 nitrogen and oxygen atoms in total. The Balaban J connectivity index is 1.38. The smallest absolute Gasteiger partial charge is 0.357 e. The second-order valence-electron chi connectivity index (χ2n) is 7.02. The van der Waals surface area contributed by atoms with Crippen molar-refractivity contribution in [3.63, 3.8) is 0 Å². The summed E-state index contributed by atoms with van der Waals surface area (Å²) < 4.78 is 6.56. The zero-order chi connectivity index (χ0) is 24.8. The Hall–Kier alpha value is -4.84. The molecular weight excluding hydrogens is 474 g/mol. The van der Waals surface area contributed by atoms with E-state index in [0.717, 1.165) is 4.88 Å². The van der Waals surface area contributed by atoms with Crippen molar-refractivity contribution in [1.82, 2.24) is 20.6 Å². The van der Waals surface area contributed by atoms with Crippen molar-refractivity contribution < 1.29 is 24.0 Å². The predicted molar refractivity (Wildman–Crippen MR) is 126 cm³/mol. The van der Waals surface area contributed by atoms with Crippen LogP contribution in [-0.4, -0.2) is 39.1 Å². The van der Waals surface area contributed by atoms with E-state index in [1.165, 1.54) is 40.3 Å². The van der Waals surface area contributed by atoms with Gasteiger partial charge in [0.2, 0.25) is 0 Å². The molecule has 4 rings (SSSR count). The maximum absolute atomic E-state index is 12.8. The van der Waals surface area contributed by atoms with Crippen LogP contribution in [0.1, 0.15) is 20.8 Å². The molecule has 2 aromatic heterocycles. The molecule has 0 bridgehead atoms. The number of nitro benzene ring substituents is 1. The monoisotopic (exact) mass is 491 g/mol. The fraction of sp³-hybridized carbons (Fsp3) is 0.0435. The highest BCUT2D eigenvalue weighted by molar-refractivity contribution is 7.13. The summed E-state index contributed by atoms with van der Waals surface area (Å²) in [5.74, 6) is -2.25. The van der Waals surface area contributed by atoms with E-state index < -0.39 is 29.3 Å². The van der Waals surface area contributed by atoms with E-state index in [1.807, 2.05) is 23.6 Å². The van der Waals surface area contributed by atoms with E-state index in [9.17, 15) is 24.5 Å². The number of hydrazine groups is 1. The number of esters is 1. The number of hydrogen-bond acceptors (Lipinski definition) is 8. The Kier molecular flexibility index (Phi) is 6.93. The number of carbonyl (C=O) groups excluding carboxylic acids is 3. The van der Waals surface area contributed by atoms with Gasteiger partial charge in [-0.05, 0) is 35.7 Å². The van der Waals surface area contributed by atoms with E-state index in [0.29, 0.717) is 11.4 Å². The fourth-order valence-corrected chi connectivity index (χ4v) is 3.69. The third kappa shape index (κ3) is 5.57. The number of nitrogens with zero attached hydrogens (tertiary/aromatic N) is 3. The molecule has 2 heterocycles. The van der Waals surface area contributed by atoms with Crippen molar-refractivity contribution in [2.45, 2.75) is 0 Å². The molecule has 0 aliphatic heterocycles. The predicted octanol–water partition coefficient (Wildman–Crippen LogP) is 3.13. The van der Waals surface area contributed by atoms with Gasteiger partial charge in [-0.1, -0.05) is 24.3 Å². The lowest BCUT2D eigenvalue weighted by Crippen LogP contribution is -2.43. The van der Waals surface area contributed by atoms with Gasteiger partial charge in [-0.25, -0.2) is 9.48 Å². The average Bonchev–Trinajstić information content (AvgIpc) is 3.57. The molecule has 4 aromatic rings. The SMILES string of the molecule is O=C(COC(=O)c1cc(-c2cccs2)nn1-c1ccccc1)NNC(=O)c1ccc([N+](=O)[O-])cc1. The number of amides is 2. The van der Waals surface area contributed by atoms with Crippen LogP contribution in [0.5, 0.6) is 0 Å². The summed E-state index contributed by atoms with van der Waals surface area (Å²) >= 11 is 1.47. The molecule has 0 radical (unpaired) electrons. The second-order valence-corrected chi connectivity index (χ2v) is 7.97. The van der Waals surface area contributed by atoms with Crippen LogP contribution < -0.4 is 10.9 Å². The summed E-state index contributed by atoms with van der Waals surface area (Å²) in [5.41, 5.74) is 5.56. The van der Waals surface area contributed by atoms with Gasteiger partial charge < -0.3 is 4.74 Å². The molecule has 12 heteroatoms. The van der Waals surface area contributed by atoms with Gasteiger partial charge in [-0.2, -0.15) is 5.10 Å². The van der Waals surface area contributed by atoms with Crippen LogP contribution in [0, 0.1) is 10.1 Å². The first-order valence-electron chi connectivity index (χ1n) is 10.1. The van der Waals surface area contributed by atoms with Crippen molar-refractivity contribution in [3.8, 4) is 16.3 Å². The van der Waals surface area contributed by atoms with Gasteiger partial charge in [0.15, 0.2) is 12.3 Å². The molecule has 2 aromatic carbocycles. The number of thiophene rings is 1. The maximum atomic E-state index is 12.8. The number of ether oxygens (including phenoxy) is 1. The zero-order valence-corrected chi connectivity index (χ0v) is 18.7. The number of nitro groups is 1. The Morgan fingerprint density at radius 3 is 2.40 bits per heavy atom. The van der Waals surface area contributed by atoms with E-state index >= 15 is 0 Å². The Morgan fingerprint density at radius 1 is 1.00 bits per heavy atom. The molecule has 0 fully saturated rings. The molecule has 0 atom stereocenters. The lowest BCUT2D eigenvalue weighted by molar-refractivity contribution is -0.384.